The molecule has 21 heavy (non-hydrogen) atoms. The van der Waals surface area contributed by atoms with Gasteiger partial charge in [0.25, 0.3) is 0 Å². The lowest BCUT2D eigenvalue weighted by atomic mass is 9.96. The van der Waals surface area contributed by atoms with Gasteiger partial charge in [-0.25, -0.2) is 13.1 Å². The summed E-state index contributed by atoms with van der Waals surface area (Å²) in [7, 11) is -1.86. The van der Waals surface area contributed by atoms with Gasteiger partial charge in [0, 0.05) is 6.04 Å². The molecule has 0 saturated heterocycles. The van der Waals surface area contributed by atoms with Crippen LogP contribution in [0.4, 0.5) is 0 Å². The Labute approximate surface area is 126 Å². The van der Waals surface area contributed by atoms with Crippen LogP contribution in [0.5, 0.6) is 5.75 Å². The van der Waals surface area contributed by atoms with Gasteiger partial charge >= 0.3 is 0 Å². The highest BCUT2D eigenvalue weighted by Crippen LogP contribution is 2.45. The fraction of sp³-hybridized carbons (Fsp3) is 0.625. The summed E-state index contributed by atoms with van der Waals surface area (Å²) < 4.78 is 33.7. The number of hydrogen-bond donors (Lipinski definition) is 1. The van der Waals surface area contributed by atoms with Gasteiger partial charge in [-0.1, -0.05) is 6.42 Å². The zero-order valence-electron chi connectivity index (χ0n) is 12.8. The lowest BCUT2D eigenvalue weighted by Gasteiger charge is -2.24. The summed E-state index contributed by atoms with van der Waals surface area (Å²) in [6, 6.07) is 3.68. The van der Waals surface area contributed by atoms with Crippen molar-refractivity contribution in [1.82, 2.24) is 4.72 Å². The Bertz CT molecular complexity index is 630. The number of sulfonamides is 1. The maximum atomic E-state index is 12.8. The molecule has 2 fully saturated rings. The third-order valence-corrected chi connectivity index (χ3v) is 6.78. The number of hydrogen-bond acceptors (Lipinski definition) is 3. The molecule has 2 saturated carbocycles. The van der Waals surface area contributed by atoms with Crippen LogP contribution in [-0.4, -0.2) is 21.6 Å². The number of ether oxygens (including phenoxy) is 1. The van der Waals surface area contributed by atoms with E-state index in [0.717, 1.165) is 23.5 Å². The minimum Gasteiger partial charge on any atom is -0.497 e. The fourth-order valence-corrected chi connectivity index (χ4v) is 5.87. The van der Waals surface area contributed by atoms with Crippen molar-refractivity contribution >= 4 is 10.0 Å². The van der Waals surface area contributed by atoms with Crippen LogP contribution in [0.1, 0.15) is 36.8 Å². The normalized spacial score (nSPS) is 28.0. The van der Waals surface area contributed by atoms with Crippen LogP contribution >= 0.6 is 0 Å². The number of methoxy groups -OCH3 is 1. The van der Waals surface area contributed by atoms with E-state index in [4.69, 9.17) is 4.74 Å². The molecule has 5 heteroatoms. The first-order chi connectivity index (χ1) is 9.90. The molecule has 3 rings (SSSR count). The Balaban J connectivity index is 1.88. The largest absolute Gasteiger partial charge is 0.497 e. The predicted octanol–water partition coefficient (Wildman–Crippen LogP) is 2.78. The van der Waals surface area contributed by atoms with Gasteiger partial charge in [0.1, 0.15) is 5.75 Å². The van der Waals surface area contributed by atoms with Gasteiger partial charge < -0.3 is 4.74 Å². The highest BCUT2D eigenvalue weighted by molar-refractivity contribution is 7.89. The van der Waals surface area contributed by atoms with Crippen LogP contribution in [0.15, 0.2) is 17.0 Å². The Hall–Kier alpha value is -1.07. The average molecular weight is 309 g/mol. The van der Waals surface area contributed by atoms with Gasteiger partial charge in [-0.05, 0) is 68.2 Å². The van der Waals surface area contributed by atoms with E-state index in [1.807, 2.05) is 13.8 Å². The highest BCUT2D eigenvalue weighted by atomic mass is 32.2. The van der Waals surface area contributed by atoms with E-state index < -0.39 is 10.0 Å². The molecule has 0 heterocycles. The van der Waals surface area contributed by atoms with Gasteiger partial charge in [0.15, 0.2) is 0 Å². The number of benzene rings is 1. The molecule has 0 radical (unpaired) electrons. The van der Waals surface area contributed by atoms with Gasteiger partial charge in [-0.2, -0.15) is 0 Å². The zero-order valence-corrected chi connectivity index (χ0v) is 13.7. The monoisotopic (exact) mass is 309 g/mol. The molecule has 0 aliphatic heterocycles. The second-order valence-corrected chi connectivity index (χ2v) is 8.14. The van der Waals surface area contributed by atoms with E-state index >= 15 is 0 Å². The second kappa shape index (κ2) is 5.29. The standard InChI is InChI=1S/C16H23NO3S/c1-10-6-14(20-3)7-11(2)16(10)21(18,19)17-15-9-12-4-5-13(15)8-12/h6-7,12-13,15,17H,4-5,8-9H2,1-3H3/t12-,13-,15+/m1/s1. The van der Waals surface area contributed by atoms with Crippen LogP contribution < -0.4 is 9.46 Å². The van der Waals surface area contributed by atoms with Crippen molar-refractivity contribution in [2.24, 2.45) is 11.8 Å². The Kier molecular flexibility index (Phi) is 3.74. The molecule has 0 amide bonds. The number of fused-ring (bicyclic) bond motifs is 2. The minimum atomic E-state index is -3.46. The van der Waals surface area contributed by atoms with Gasteiger partial charge in [-0.15, -0.1) is 0 Å². The van der Waals surface area contributed by atoms with Crippen LogP contribution in [0.3, 0.4) is 0 Å². The van der Waals surface area contributed by atoms with Crippen LogP contribution in [0.2, 0.25) is 0 Å². The van der Waals surface area contributed by atoms with Crippen molar-refractivity contribution in [3.63, 3.8) is 0 Å². The summed E-state index contributed by atoms with van der Waals surface area (Å²) in [4.78, 5) is 0.408. The highest BCUT2D eigenvalue weighted by Gasteiger charge is 2.41. The zero-order chi connectivity index (χ0) is 15.2. The van der Waals surface area contributed by atoms with E-state index in [1.54, 1.807) is 19.2 Å². The number of aryl methyl sites for hydroxylation is 2. The molecule has 1 aromatic carbocycles. The van der Waals surface area contributed by atoms with Crippen LogP contribution in [0.25, 0.3) is 0 Å². The molecule has 0 spiro atoms. The number of nitrogens with one attached hydrogen (secondary N) is 1. The van der Waals surface area contributed by atoms with Crippen molar-refractivity contribution in [3.8, 4) is 5.75 Å². The molecule has 0 unspecified atom stereocenters. The molecule has 1 aromatic rings. The summed E-state index contributed by atoms with van der Waals surface area (Å²) in [5.74, 6) is 1.95. The molecular weight excluding hydrogens is 286 g/mol. The van der Waals surface area contributed by atoms with Crippen molar-refractivity contribution in [3.05, 3.63) is 23.3 Å². The lowest BCUT2D eigenvalue weighted by molar-refractivity contribution is 0.390. The van der Waals surface area contributed by atoms with Crippen LogP contribution in [0, 0.1) is 25.7 Å². The summed E-state index contributed by atoms with van der Waals surface area (Å²) in [5, 5.41) is 0. The topological polar surface area (TPSA) is 55.4 Å². The average Bonchev–Trinajstić information content (AvgIpc) is 2.98. The minimum absolute atomic E-state index is 0.120. The summed E-state index contributed by atoms with van der Waals surface area (Å²) >= 11 is 0. The first-order valence-corrected chi connectivity index (χ1v) is 9.06. The Morgan fingerprint density at radius 3 is 2.29 bits per heavy atom. The summed E-state index contributed by atoms with van der Waals surface area (Å²) in [5.41, 5.74) is 1.48. The van der Waals surface area contributed by atoms with Crippen molar-refractivity contribution < 1.29 is 13.2 Å². The molecule has 3 atom stereocenters. The summed E-state index contributed by atoms with van der Waals surface area (Å²) in [6.07, 6.45) is 4.62. The SMILES string of the molecule is COc1cc(C)c(S(=O)(=O)N[C@H]2C[C@@H]3CC[C@@H]2C3)c(C)c1. The molecule has 4 nitrogen and oxygen atoms in total. The smallest absolute Gasteiger partial charge is 0.241 e. The van der Waals surface area contributed by atoms with Gasteiger partial charge in [0.05, 0.1) is 12.0 Å². The van der Waals surface area contributed by atoms with Crippen molar-refractivity contribution in [2.45, 2.75) is 50.5 Å². The third kappa shape index (κ3) is 2.69. The third-order valence-electron chi connectivity index (χ3n) is 4.98. The molecule has 116 valence electrons. The number of rotatable bonds is 4. The van der Waals surface area contributed by atoms with Gasteiger partial charge in [0.2, 0.25) is 10.0 Å². The second-order valence-electron chi connectivity index (χ2n) is 6.49. The summed E-state index contributed by atoms with van der Waals surface area (Å²) in [6.45, 7) is 3.65. The maximum absolute atomic E-state index is 12.8. The Morgan fingerprint density at radius 1 is 1.14 bits per heavy atom. The fourth-order valence-electron chi connectivity index (χ4n) is 4.10. The molecule has 0 aromatic heterocycles. The van der Waals surface area contributed by atoms with E-state index in [0.29, 0.717) is 16.6 Å². The maximum Gasteiger partial charge on any atom is 0.241 e. The first kappa shape index (κ1) is 14.9. The van der Waals surface area contributed by atoms with E-state index in [1.165, 1.54) is 19.3 Å². The van der Waals surface area contributed by atoms with Crippen molar-refractivity contribution in [2.75, 3.05) is 7.11 Å². The van der Waals surface area contributed by atoms with E-state index in [2.05, 4.69) is 4.72 Å². The van der Waals surface area contributed by atoms with Crippen LogP contribution in [-0.2, 0) is 10.0 Å². The molecule has 1 N–H and O–H groups in total. The van der Waals surface area contributed by atoms with Gasteiger partial charge in [-0.3, -0.25) is 0 Å². The molecule has 2 bridgehead atoms. The first-order valence-electron chi connectivity index (χ1n) is 7.58. The molecule has 2 aliphatic carbocycles. The quantitative estimate of drug-likeness (QED) is 0.930. The van der Waals surface area contributed by atoms with Crippen molar-refractivity contribution in [1.29, 1.82) is 0 Å². The molecule has 2 aliphatic rings. The van der Waals surface area contributed by atoms with E-state index in [-0.39, 0.29) is 6.04 Å². The van der Waals surface area contributed by atoms with E-state index in [9.17, 15) is 8.42 Å². The lowest BCUT2D eigenvalue weighted by Crippen LogP contribution is -2.38. The molecular formula is C16H23NO3S. The Morgan fingerprint density at radius 2 is 1.81 bits per heavy atom. The predicted molar refractivity (Wildman–Crippen MR) is 82.0 cm³/mol.